The van der Waals surface area contributed by atoms with E-state index in [0.29, 0.717) is 12.5 Å². The van der Waals surface area contributed by atoms with E-state index >= 15 is 0 Å². The molecule has 1 saturated heterocycles. The number of tetrazole rings is 1. The summed E-state index contributed by atoms with van der Waals surface area (Å²) < 4.78 is 1.95. The van der Waals surface area contributed by atoms with Crippen molar-refractivity contribution in [1.29, 1.82) is 0 Å². The van der Waals surface area contributed by atoms with E-state index in [4.69, 9.17) is 0 Å². The van der Waals surface area contributed by atoms with E-state index in [9.17, 15) is 4.79 Å². The second kappa shape index (κ2) is 6.55. The van der Waals surface area contributed by atoms with E-state index in [1.54, 1.807) is 0 Å². The summed E-state index contributed by atoms with van der Waals surface area (Å²) in [5.74, 6) is 1.11. The van der Waals surface area contributed by atoms with Crippen LogP contribution in [0.5, 0.6) is 0 Å². The fraction of sp³-hybridized carbons (Fsp3) is 0.556. The highest BCUT2D eigenvalue weighted by Gasteiger charge is 2.30. The number of hydrogen-bond acceptors (Lipinski definition) is 5. The normalized spacial score (nSPS) is 20.1. The molecule has 2 aliphatic rings. The number of rotatable bonds is 6. The van der Waals surface area contributed by atoms with E-state index < -0.39 is 0 Å². The van der Waals surface area contributed by atoms with Crippen molar-refractivity contribution >= 4 is 11.6 Å². The van der Waals surface area contributed by atoms with Gasteiger partial charge in [0, 0.05) is 24.7 Å². The van der Waals surface area contributed by atoms with Gasteiger partial charge < -0.3 is 10.2 Å². The van der Waals surface area contributed by atoms with Gasteiger partial charge in [-0.2, -0.15) is 0 Å². The minimum Gasteiger partial charge on any atom is -0.312 e. The van der Waals surface area contributed by atoms with Crippen LogP contribution < -0.4 is 10.2 Å². The van der Waals surface area contributed by atoms with E-state index in [0.717, 1.165) is 42.9 Å². The number of benzene rings is 1. The van der Waals surface area contributed by atoms with Crippen LogP contribution in [0, 0.1) is 0 Å². The largest absolute Gasteiger partial charge is 0.312 e. The molecule has 25 heavy (non-hydrogen) atoms. The Bertz CT molecular complexity index is 768. The maximum Gasteiger partial charge on any atom is 0.227 e. The van der Waals surface area contributed by atoms with Gasteiger partial charge in [-0.15, -0.1) is 5.10 Å². The van der Waals surface area contributed by atoms with Crippen molar-refractivity contribution in [3.63, 3.8) is 0 Å². The third kappa shape index (κ3) is 3.28. The molecule has 7 nitrogen and oxygen atoms in total. The van der Waals surface area contributed by atoms with Gasteiger partial charge in [-0.05, 0) is 61.2 Å². The highest BCUT2D eigenvalue weighted by atomic mass is 16.2. The molecule has 1 amide bonds. The standard InChI is InChI=1S/C18H24N6O/c1-12(19-13(2)18-20-21-22-24(18)15-8-9-15)14-5-3-6-16(11-14)23-10-4-7-17(23)25/h3,5-6,11-13,15,19H,4,7-10H2,1-2H3. The summed E-state index contributed by atoms with van der Waals surface area (Å²) in [5, 5.41) is 15.7. The zero-order valence-electron chi connectivity index (χ0n) is 14.7. The summed E-state index contributed by atoms with van der Waals surface area (Å²) in [4.78, 5) is 13.9. The number of nitrogens with zero attached hydrogens (tertiary/aromatic N) is 5. The number of anilines is 1. The zero-order valence-corrected chi connectivity index (χ0v) is 14.7. The molecule has 1 aromatic heterocycles. The maximum absolute atomic E-state index is 12.0. The monoisotopic (exact) mass is 340 g/mol. The van der Waals surface area contributed by atoms with E-state index in [2.05, 4.69) is 46.8 Å². The fourth-order valence-electron chi connectivity index (χ4n) is 3.49. The van der Waals surface area contributed by atoms with E-state index in [1.807, 2.05) is 21.7 Å². The third-order valence-corrected chi connectivity index (χ3v) is 5.05. The van der Waals surface area contributed by atoms with Crippen LogP contribution in [0.1, 0.15) is 69.0 Å². The van der Waals surface area contributed by atoms with Crippen LogP contribution >= 0.6 is 0 Å². The summed E-state index contributed by atoms with van der Waals surface area (Å²) in [6.45, 7) is 5.04. The highest BCUT2D eigenvalue weighted by Crippen LogP contribution is 2.35. The Morgan fingerprint density at radius 3 is 2.80 bits per heavy atom. The second-order valence-corrected chi connectivity index (χ2v) is 7.07. The molecule has 1 aliphatic carbocycles. The van der Waals surface area contributed by atoms with Gasteiger partial charge in [-0.1, -0.05) is 12.1 Å². The molecule has 1 aliphatic heterocycles. The van der Waals surface area contributed by atoms with Crippen molar-refractivity contribution in [1.82, 2.24) is 25.5 Å². The zero-order chi connectivity index (χ0) is 17.4. The van der Waals surface area contributed by atoms with Crippen LogP contribution in [-0.2, 0) is 4.79 Å². The molecule has 0 bridgehead atoms. The molecule has 7 heteroatoms. The summed E-state index contributed by atoms with van der Waals surface area (Å²) in [7, 11) is 0. The van der Waals surface area contributed by atoms with Crippen molar-refractivity contribution in [3.8, 4) is 0 Å². The third-order valence-electron chi connectivity index (χ3n) is 5.05. The number of aromatic nitrogens is 4. The van der Waals surface area contributed by atoms with Crippen LogP contribution in [0.15, 0.2) is 24.3 Å². The molecular formula is C18H24N6O. The number of carbonyl (C=O) groups excluding carboxylic acids is 1. The summed E-state index contributed by atoms with van der Waals surface area (Å²) in [6.07, 6.45) is 3.91. The van der Waals surface area contributed by atoms with Crippen molar-refractivity contribution < 1.29 is 4.79 Å². The maximum atomic E-state index is 12.0. The quantitative estimate of drug-likeness (QED) is 0.874. The first-order valence-corrected chi connectivity index (χ1v) is 9.07. The Morgan fingerprint density at radius 1 is 1.24 bits per heavy atom. The molecule has 4 rings (SSSR count). The van der Waals surface area contributed by atoms with Gasteiger partial charge in [0.15, 0.2) is 5.82 Å². The van der Waals surface area contributed by atoms with Crippen LogP contribution in [0.2, 0.25) is 0 Å². The lowest BCUT2D eigenvalue weighted by Crippen LogP contribution is -2.26. The highest BCUT2D eigenvalue weighted by molar-refractivity contribution is 5.95. The smallest absolute Gasteiger partial charge is 0.227 e. The topological polar surface area (TPSA) is 75.9 Å². The van der Waals surface area contributed by atoms with Gasteiger partial charge in [0.2, 0.25) is 5.91 Å². The molecule has 2 atom stereocenters. The first-order valence-electron chi connectivity index (χ1n) is 9.07. The first-order chi connectivity index (χ1) is 12.1. The second-order valence-electron chi connectivity index (χ2n) is 7.07. The lowest BCUT2D eigenvalue weighted by atomic mass is 10.1. The molecule has 2 aromatic rings. The average molecular weight is 340 g/mol. The number of nitrogens with one attached hydrogen (secondary N) is 1. The Hall–Kier alpha value is -2.28. The van der Waals surface area contributed by atoms with Gasteiger partial charge in [-0.25, -0.2) is 4.68 Å². The van der Waals surface area contributed by atoms with Crippen molar-refractivity contribution in [2.75, 3.05) is 11.4 Å². The Morgan fingerprint density at radius 2 is 2.08 bits per heavy atom. The molecule has 0 spiro atoms. The van der Waals surface area contributed by atoms with Gasteiger partial charge in [0.05, 0.1) is 12.1 Å². The minimum atomic E-state index is 0.0580. The van der Waals surface area contributed by atoms with Gasteiger partial charge >= 0.3 is 0 Å². The Labute approximate surface area is 147 Å². The molecule has 2 fully saturated rings. The van der Waals surface area contributed by atoms with Crippen molar-refractivity contribution in [3.05, 3.63) is 35.7 Å². The molecule has 0 radical (unpaired) electrons. The molecule has 2 unspecified atom stereocenters. The summed E-state index contributed by atoms with van der Waals surface area (Å²) in [6, 6.07) is 8.90. The fourth-order valence-corrected chi connectivity index (χ4v) is 3.49. The average Bonchev–Trinajstić information content (AvgIpc) is 3.17. The molecule has 1 saturated carbocycles. The van der Waals surface area contributed by atoms with Gasteiger partial charge in [0.25, 0.3) is 0 Å². The summed E-state index contributed by atoms with van der Waals surface area (Å²) in [5.41, 5.74) is 2.15. The predicted molar refractivity (Wildman–Crippen MR) is 94.1 cm³/mol. The van der Waals surface area contributed by atoms with Gasteiger partial charge in [-0.3, -0.25) is 4.79 Å². The lowest BCUT2D eigenvalue weighted by molar-refractivity contribution is -0.117. The van der Waals surface area contributed by atoms with Crippen molar-refractivity contribution in [2.24, 2.45) is 0 Å². The van der Waals surface area contributed by atoms with Gasteiger partial charge in [0.1, 0.15) is 0 Å². The summed E-state index contributed by atoms with van der Waals surface area (Å²) >= 11 is 0. The number of hydrogen-bond donors (Lipinski definition) is 1. The van der Waals surface area contributed by atoms with Crippen LogP contribution in [0.3, 0.4) is 0 Å². The molecule has 1 N–H and O–H groups in total. The van der Waals surface area contributed by atoms with Crippen LogP contribution in [0.25, 0.3) is 0 Å². The molecule has 1 aromatic carbocycles. The van der Waals surface area contributed by atoms with Crippen LogP contribution in [0.4, 0.5) is 5.69 Å². The number of amides is 1. The minimum absolute atomic E-state index is 0.0580. The Balaban J connectivity index is 1.48. The predicted octanol–water partition coefficient (Wildman–Crippen LogP) is 2.55. The molecular weight excluding hydrogens is 316 g/mol. The van der Waals surface area contributed by atoms with E-state index in [-0.39, 0.29) is 18.0 Å². The number of carbonyl (C=O) groups is 1. The molecule has 132 valence electrons. The first kappa shape index (κ1) is 16.2. The SMILES string of the molecule is CC(NC(C)c1nnnn1C1CC1)c1cccc(N2CCCC2=O)c1. The van der Waals surface area contributed by atoms with Crippen LogP contribution in [-0.4, -0.2) is 32.7 Å². The molecule has 2 heterocycles. The van der Waals surface area contributed by atoms with Crippen molar-refractivity contribution in [2.45, 2.75) is 57.7 Å². The lowest BCUT2D eigenvalue weighted by Gasteiger charge is -2.22. The Kier molecular flexibility index (Phi) is 4.25. The van der Waals surface area contributed by atoms with E-state index in [1.165, 1.54) is 0 Å².